The van der Waals surface area contributed by atoms with Gasteiger partial charge in [0, 0.05) is 17.7 Å². The fourth-order valence-electron chi connectivity index (χ4n) is 0.173. The van der Waals surface area contributed by atoms with Gasteiger partial charge in [-0.1, -0.05) is 4.13 Å². The quantitative estimate of drug-likeness (QED) is 0.554. The van der Waals surface area contributed by atoms with Crippen LogP contribution in [0.3, 0.4) is 0 Å². The number of hydrogen-bond acceptors (Lipinski definition) is 4. The Morgan fingerprint density at radius 1 is 1.20 bits per heavy atom. The first-order valence-corrected chi connectivity index (χ1v) is 5.73. The molecule has 0 atom stereocenters. The van der Waals surface area contributed by atoms with Gasteiger partial charge in [0.05, 0.1) is 0 Å². The first kappa shape index (κ1) is 10.1. The van der Waals surface area contributed by atoms with Crippen LogP contribution < -0.4 is 8.85 Å². The maximum absolute atomic E-state index is 10.3. The monoisotopic (exact) mass is 208 g/mol. The van der Waals surface area contributed by atoms with Gasteiger partial charge in [0.25, 0.3) is 10.2 Å². The van der Waals surface area contributed by atoms with E-state index in [1.54, 1.807) is 4.72 Å². The topological polar surface area (TPSA) is 92.3 Å². The van der Waals surface area contributed by atoms with Crippen LogP contribution in [-0.4, -0.2) is 23.9 Å². The summed E-state index contributed by atoms with van der Waals surface area (Å²) in [5.41, 5.74) is 0. The minimum Gasteiger partial charge on any atom is -0.205 e. The SMILES string of the molecule is CNS(=O)(=O)NS(=O)(=O)Cl. The second kappa shape index (κ2) is 3.01. The predicted octanol–water partition coefficient (Wildman–Crippen LogP) is -1.48. The zero-order valence-corrected chi connectivity index (χ0v) is 7.22. The molecule has 0 bridgehead atoms. The van der Waals surface area contributed by atoms with E-state index in [1.165, 1.54) is 0 Å². The lowest BCUT2D eigenvalue weighted by molar-refractivity contribution is 0.577. The minimum atomic E-state index is -4.22. The molecular formula is CH5ClN2O4S2. The highest BCUT2D eigenvalue weighted by molar-refractivity contribution is 8.18. The molecule has 10 heavy (non-hydrogen) atoms. The van der Waals surface area contributed by atoms with Gasteiger partial charge in [-0.25, -0.2) is 4.72 Å². The summed E-state index contributed by atoms with van der Waals surface area (Å²) in [4.78, 5) is 0. The highest BCUT2D eigenvalue weighted by Crippen LogP contribution is 1.90. The van der Waals surface area contributed by atoms with E-state index in [4.69, 9.17) is 0 Å². The average Bonchev–Trinajstić information content (AvgIpc) is 1.60. The number of rotatable bonds is 3. The normalized spacial score (nSPS) is 13.4. The third-order valence-electron chi connectivity index (χ3n) is 0.478. The van der Waals surface area contributed by atoms with Crippen molar-refractivity contribution in [3.05, 3.63) is 0 Å². The van der Waals surface area contributed by atoms with E-state index >= 15 is 0 Å². The van der Waals surface area contributed by atoms with E-state index < -0.39 is 19.4 Å². The third-order valence-corrected chi connectivity index (χ3v) is 3.26. The van der Waals surface area contributed by atoms with Crippen LogP contribution in [0.5, 0.6) is 0 Å². The maximum atomic E-state index is 10.3. The Kier molecular flexibility index (Phi) is 3.04. The maximum Gasteiger partial charge on any atom is 0.311 e. The first-order chi connectivity index (χ1) is 4.27. The molecule has 0 fully saturated rings. The van der Waals surface area contributed by atoms with Crippen molar-refractivity contribution in [1.29, 1.82) is 0 Å². The molecule has 0 spiro atoms. The molecule has 62 valence electrons. The molecule has 0 aromatic heterocycles. The van der Waals surface area contributed by atoms with Gasteiger partial charge < -0.3 is 0 Å². The fourth-order valence-corrected chi connectivity index (χ4v) is 2.30. The summed E-state index contributed by atoms with van der Waals surface area (Å²) in [5, 5.41) is 0. The van der Waals surface area contributed by atoms with Gasteiger partial charge in [0.15, 0.2) is 0 Å². The smallest absolute Gasteiger partial charge is 0.205 e. The molecule has 0 aliphatic rings. The Labute approximate surface area is 63.3 Å². The minimum absolute atomic E-state index is 1.05. The number of halogens is 1. The molecule has 0 amide bonds. The fraction of sp³-hybridized carbons (Fsp3) is 1.00. The van der Waals surface area contributed by atoms with E-state index in [0.717, 1.165) is 11.2 Å². The Morgan fingerprint density at radius 2 is 1.60 bits per heavy atom. The summed E-state index contributed by atoms with van der Waals surface area (Å²) in [6.45, 7) is 0. The second-order valence-corrected chi connectivity index (χ2v) is 5.41. The molecule has 9 heteroatoms. The first-order valence-electron chi connectivity index (χ1n) is 1.93. The Bertz CT molecular complexity index is 289. The highest BCUT2D eigenvalue weighted by Gasteiger charge is 2.14. The largest absolute Gasteiger partial charge is 0.311 e. The van der Waals surface area contributed by atoms with E-state index in [1.807, 2.05) is 0 Å². The standard InChI is InChI=1S/CH5ClN2O4S2/c1-3-10(7,8)4-9(2,5)6/h3-4H,1H3. The lowest BCUT2D eigenvalue weighted by Gasteiger charge is -1.98. The predicted molar refractivity (Wildman–Crippen MR) is 35.9 cm³/mol. The van der Waals surface area contributed by atoms with E-state index in [9.17, 15) is 16.8 Å². The van der Waals surface area contributed by atoms with Crippen LogP contribution in [0.2, 0.25) is 0 Å². The average molecular weight is 209 g/mol. The van der Waals surface area contributed by atoms with Crippen molar-refractivity contribution in [2.45, 2.75) is 0 Å². The lowest BCUT2D eigenvalue weighted by Crippen LogP contribution is -2.35. The molecule has 0 unspecified atom stereocenters. The molecule has 0 aromatic carbocycles. The second-order valence-electron chi connectivity index (χ2n) is 1.23. The van der Waals surface area contributed by atoms with Crippen LogP contribution in [0.1, 0.15) is 0 Å². The molecule has 6 nitrogen and oxygen atoms in total. The molecule has 2 N–H and O–H groups in total. The van der Waals surface area contributed by atoms with Crippen molar-refractivity contribution in [3.8, 4) is 0 Å². The van der Waals surface area contributed by atoms with Gasteiger partial charge in [-0.2, -0.15) is 16.8 Å². The van der Waals surface area contributed by atoms with Crippen LogP contribution in [0, 0.1) is 0 Å². The van der Waals surface area contributed by atoms with Gasteiger partial charge in [0.1, 0.15) is 0 Å². The Balaban J connectivity index is 4.49. The molecule has 0 rings (SSSR count). The molecular weight excluding hydrogens is 204 g/mol. The molecule has 0 saturated carbocycles. The van der Waals surface area contributed by atoms with Gasteiger partial charge in [-0.15, -0.1) is 0 Å². The lowest BCUT2D eigenvalue weighted by atomic mass is 11.6. The van der Waals surface area contributed by atoms with Crippen molar-refractivity contribution in [2.75, 3.05) is 7.05 Å². The van der Waals surface area contributed by atoms with Crippen molar-refractivity contribution < 1.29 is 16.8 Å². The summed E-state index contributed by atoms with van der Waals surface area (Å²) in [6.07, 6.45) is 0. The van der Waals surface area contributed by atoms with Crippen LogP contribution >= 0.6 is 10.7 Å². The van der Waals surface area contributed by atoms with Crippen molar-refractivity contribution >= 4 is 30.1 Å². The van der Waals surface area contributed by atoms with Gasteiger partial charge in [-0.05, 0) is 0 Å². The molecule has 0 aromatic rings. The van der Waals surface area contributed by atoms with Crippen LogP contribution in [0.25, 0.3) is 0 Å². The van der Waals surface area contributed by atoms with E-state index in [2.05, 4.69) is 10.7 Å². The highest BCUT2D eigenvalue weighted by atomic mass is 35.7. The van der Waals surface area contributed by atoms with E-state index in [0.29, 0.717) is 0 Å². The number of hydrogen-bond donors (Lipinski definition) is 2. The summed E-state index contributed by atoms with van der Waals surface area (Å²) in [7, 11) is -2.63. The zero-order chi connectivity index (χ0) is 8.41. The number of nitrogens with one attached hydrogen (secondary N) is 2. The van der Waals surface area contributed by atoms with Crippen molar-refractivity contribution in [2.24, 2.45) is 0 Å². The van der Waals surface area contributed by atoms with Gasteiger partial charge >= 0.3 is 9.24 Å². The summed E-state index contributed by atoms with van der Waals surface area (Å²) in [5.74, 6) is 0. The van der Waals surface area contributed by atoms with Crippen LogP contribution in [-0.2, 0) is 19.4 Å². The summed E-state index contributed by atoms with van der Waals surface area (Å²) < 4.78 is 43.6. The Morgan fingerprint density at radius 3 is 1.70 bits per heavy atom. The van der Waals surface area contributed by atoms with Crippen molar-refractivity contribution in [1.82, 2.24) is 8.85 Å². The third kappa shape index (κ3) is 4.94. The van der Waals surface area contributed by atoms with Crippen LogP contribution in [0.4, 0.5) is 0 Å². The van der Waals surface area contributed by atoms with Crippen molar-refractivity contribution in [3.63, 3.8) is 0 Å². The molecule has 0 radical (unpaired) electrons. The van der Waals surface area contributed by atoms with E-state index in [-0.39, 0.29) is 0 Å². The zero-order valence-electron chi connectivity index (χ0n) is 4.83. The molecule has 0 aliphatic carbocycles. The molecule has 0 heterocycles. The summed E-state index contributed by atoms with van der Waals surface area (Å²) >= 11 is 0. The Hall–Kier alpha value is 0.110. The molecule has 0 saturated heterocycles. The van der Waals surface area contributed by atoms with Crippen LogP contribution in [0.15, 0.2) is 0 Å². The molecule has 0 aliphatic heterocycles. The van der Waals surface area contributed by atoms with Gasteiger partial charge in [-0.3, -0.25) is 0 Å². The summed E-state index contributed by atoms with van der Waals surface area (Å²) in [6, 6.07) is 0. The van der Waals surface area contributed by atoms with Gasteiger partial charge in [0.2, 0.25) is 0 Å².